The standard InChI is InChI=1S/C52H93N7O17/c1-40(60)41(53-2)20-17-18-28-54-44(61)26-24-43(52(71)72)59-47(64)22-19-29-55-48(65)38-75-36-35-74-33-31-57-49(66)39-76-37-34-73-32-30-56-45(62)27-25-42(51(69)70)58-46(63)21-15-13-11-9-7-5-3-4-6-8-10-12-14-16-23-50(67)68/h41-43,53H,3-39H2,1-2H3,(H,54,61)(H,55,65)(H,56,62)(H,57,66)(H,58,63)(H,59,64)(H,67,68)(H,69,70)(H,71,72). The highest BCUT2D eigenvalue weighted by Gasteiger charge is 2.22. The number of aliphatic carboxylic acids is 3. The molecule has 6 amide bonds. The Kier molecular flexibility index (Phi) is 45.8. The number of likely N-dealkylation sites (N-methyl/N-ethyl adjacent to an activating group) is 1. The van der Waals surface area contributed by atoms with Gasteiger partial charge in [-0.2, -0.15) is 0 Å². The number of ether oxygens (including phenoxy) is 4. The van der Waals surface area contributed by atoms with Gasteiger partial charge in [0.25, 0.3) is 0 Å². The Hall–Kier alpha value is -5.30. The van der Waals surface area contributed by atoms with Crippen LogP contribution in [-0.4, -0.2) is 179 Å². The number of amides is 6. The van der Waals surface area contributed by atoms with Crippen molar-refractivity contribution >= 4 is 59.1 Å². The lowest BCUT2D eigenvalue weighted by Crippen LogP contribution is -2.42. The van der Waals surface area contributed by atoms with Gasteiger partial charge >= 0.3 is 17.9 Å². The average Bonchev–Trinajstić information content (AvgIpc) is 3.37. The van der Waals surface area contributed by atoms with Crippen LogP contribution in [0.5, 0.6) is 0 Å². The lowest BCUT2D eigenvalue weighted by Gasteiger charge is -2.15. The summed E-state index contributed by atoms with van der Waals surface area (Å²) in [5, 5.41) is 46.1. The van der Waals surface area contributed by atoms with Crippen LogP contribution in [0.3, 0.4) is 0 Å². The number of ketones is 1. The maximum Gasteiger partial charge on any atom is 0.326 e. The van der Waals surface area contributed by atoms with Gasteiger partial charge in [-0.25, -0.2) is 9.59 Å². The van der Waals surface area contributed by atoms with E-state index in [4.69, 9.17) is 24.1 Å². The van der Waals surface area contributed by atoms with E-state index >= 15 is 0 Å². The fourth-order valence-corrected chi connectivity index (χ4v) is 7.58. The maximum absolute atomic E-state index is 12.4. The van der Waals surface area contributed by atoms with Crippen molar-refractivity contribution in [1.82, 2.24) is 37.2 Å². The minimum absolute atomic E-state index is 0.0417. The number of unbranched alkanes of at least 4 members (excludes halogenated alkanes) is 14. The summed E-state index contributed by atoms with van der Waals surface area (Å²) in [4.78, 5) is 118. The van der Waals surface area contributed by atoms with Crippen LogP contribution in [0.2, 0.25) is 0 Å². The van der Waals surface area contributed by atoms with Crippen LogP contribution >= 0.6 is 0 Å². The largest absolute Gasteiger partial charge is 0.481 e. The molecule has 0 saturated carbocycles. The Bertz CT molecular complexity index is 1660. The Morgan fingerprint density at radius 2 is 0.724 bits per heavy atom. The molecular formula is C52H93N7O17. The minimum Gasteiger partial charge on any atom is -0.481 e. The third kappa shape index (κ3) is 46.0. The van der Waals surface area contributed by atoms with E-state index in [2.05, 4.69) is 37.2 Å². The van der Waals surface area contributed by atoms with Crippen molar-refractivity contribution in [2.24, 2.45) is 0 Å². The number of nitrogens with one attached hydrogen (secondary N) is 7. The number of Topliss-reactive ketones (excluding diaryl/α,β-unsaturated/α-hetero) is 1. The van der Waals surface area contributed by atoms with Gasteiger partial charge in [-0.05, 0) is 65.3 Å². The third-order valence-electron chi connectivity index (χ3n) is 12.0. The SMILES string of the molecule is CNC(CCCCNC(=O)CCC(NC(=O)CCCNC(=O)COCCOCCNC(=O)COCCOCCNC(=O)CCC(NC(=O)CCCCCCCCCCCCCCCCC(=O)O)C(=O)O)C(=O)O)C(C)=O. The highest BCUT2D eigenvalue weighted by molar-refractivity contribution is 5.85. The second-order valence-electron chi connectivity index (χ2n) is 18.6. The average molecular weight is 1090 g/mol. The van der Waals surface area contributed by atoms with Gasteiger partial charge in [0.05, 0.1) is 45.7 Å². The predicted octanol–water partition coefficient (Wildman–Crippen LogP) is 2.67. The fraction of sp³-hybridized carbons (Fsp3) is 0.808. The smallest absolute Gasteiger partial charge is 0.326 e. The molecule has 3 atom stereocenters. The zero-order valence-corrected chi connectivity index (χ0v) is 45.5. The van der Waals surface area contributed by atoms with Crippen molar-refractivity contribution < 1.29 is 82.2 Å². The first kappa shape index (κ1) is 70.7. The second kappa shape index (κ2) is 49.3. The Balaban J connectivity index is 3.78. The molecule has 0 aliphatic carbocycles. The number of carbonyl (C=O) groups excluding carboxylic acids is 7. The molecule has 3 unspecified atom stereocenters. The van der Waals surface area contributed by atoms with Crippen LogP contribution in [0.4, 0.5) is 0 Å². The van der Waals surface area contributed by atoms with Crippen LogP contribution in [0.1, 0.15) is 167 Å². The summed E-state index contributed by atoms with van der Waals surface area (Å²) in [6, 6.07) is -2.63. The molecule has 24 nitrogen and oxygen atoms in total. The highest BCUT2D eigenvalue weighted by atomic mass is 16.5. The molecule has 0 aromatic carbocycles. The molecule has 0 aliphatic heterocycles. The summed E-state index contributed by atoms with van der Waals surface area (Å²) >= 11 is 0. The summed E-state index contributed by atoms with van der Waals surface area (Å²) < 4.78 is 21.3. The van der Waals surface area contributed by atoms with Gasteiger partial charge < -0.3 is 71.5 Å². The Morgan fingerprint density at radius 3 is 1.14 bits per heavy atom. The second-order valence-corrected chi connectivity index (χ2v) is 18.6. The Morgan fingerprint density at radius 1 is 0.355 bits per heavy atom. The van der Waals surface area contributed by atoms with Gasteiger partial charge in [0.15, 0.2) is 0 Å². The number of hydrogen-bond acceptors (Lipinski definition) is 15. The van der Waals surface area contributed by atoms with Gasteiger partial charge in [-0.1, -0.05) is 77.0 Å². The summed E-state index contributed by atoms with van der Waals surface area (Å²) in [5.74, 6) is -5.51. The summed E-state index contributed by atoms with van der Waals surface area (Å²) in [5.41, 5.74) is 0. The van der Waals surface area contributed by atoms with Crippen molar-refractivity contribution in [3.63, 3.8) is 0 Å². The molecule has 0 fully saturated rings. The summed E-state index contributed by atoms with van der Waals surface area (Å²) in [7, 11) is 1.71. The summed E-state index contributed by atoms with van der Waals surface area (Å²) in [6.45, 7) is 2.93. The number of carbonyl (C=O) groups is 10. The van der Waals surface area contributed by atoms with Crippen molar-refractivity contribution in [1.29, 1.82) is 0 Å². The van der Waals surface area contributed by atoms with Gasteiger partial charge in [0, 0.05) is 58.3 Å². The number of carboxylic acids is 3. The fourth-order valence-electron chi connectivity index (χ4n) is 7.58. The molecule has 0 saturated heterocycles. The van der Waals surface area contributed by atoms with E-state index in [-0.39, 0.29) is 159 Å². The predicted molar refractivity (Wildman–Crippen MR) is 281 cm³/mol. The minimum atomic E-state index is -1.26. The van der Waals surface area contributed by atoms with Gasteiger partial charge in [0.1, 0.15) is 31.1 Å². The number of carboxylic acid groups (broad SMARTS) is 3. The van der Waals surface area contributed by atoms with Crippen LogP contribution in [0, 0.1) is 0 Å². The van der Waals surface area contributed by atoms with E-state index in [1.54, 1.807) is 7.05 Å². The molecule has 0 bridgehead atoms. The van der Waals surface area contributed by atoms with Crippen molar-refractivity contribution in [2.45, 2.75) is 186 Å². The van der Waals surface area contributed by atoms with E-state index in [0.717, 1.165) is 51.4 Å². The lowest BCUT2D eigenvalue weighted by atomic mass is 10.0. The number of hydrogen-bond donors (Lipinski definition) is 10. The molecule has 0 spiro atoms. The normalized spacial score (nSPS) is 12.2. The van der Waals surface area contributed by atoms with Crippen LogP contribution < -0.4 is 37.2 Å². The molecule has 0 rings (SSSR count). The van der Waals surface area contributed by atoms with Crippen LogP contribution in [0.25, 0.3) is 0 Å². The highest BCUT2D eigenvalue weighted by Crippen LogP contribution is 2.14. The molecule has 10 N–H and O–H groups in total. The van der Waals surface area contributed by atoms with Crippen molar-refractivity contribution in [3.8, 4) is 0 Å². The number of rotatable bonds is 54. The molecule has 24 heteroatoms. The first-order valence-corrected chi connectivity index (χ1v) is 27.4. The van der Waals surface area contributed by atoms with E-state index in [1.165, 1.54) is 45.4 Å². The zero-order chi connectivity index (χ0) is 56.4. The van der Waals surface area contributed by atoms with Crippen LogP contribution in [-0.2, 0) is 66.9 Å². The monoisotopic (exact) mass is 1090 g/mol. The first-order chi connectivity index (χ1) is 36.5. The van der Waals surface area contributed by atoms with Gasteiger partial charge in [-0.15, -0.1) is 0 Å². The lowest BCUT2D eigenvalue weighted by molar-refractivity contribution is -0.142. The van der Waals surface area contributed by atoms with Crippen molar-refractivity contribution in [2.75, 3.05) is 86.1 Å². The third-order valence-corrected chi connectivity index (χ3v) is 12.0. The first-order valence-electron chi connectivity index (χ1n) is 27.4. The van der Waals surface area contributed by atoms with Gasteiger partial charge in [-0.3, -0.25) is 38.4 Å². The summed E-state index contributed by atoms with van der Waals surface area (Å²) in [6.07, 6.45) is 17.3. The molecule has 0 radical (unpaired) electrons. The topological polar surface area (TPSA) is 353 Å². The zero-order valence-electron chi connectivity index (χ0n) is 45.5. The Labute approximate surface area is 449 Å². The molecule has 438 valence electrons. The van der Waals surface area contributed by atoms with E-state index in [0.29, 0.717) is 25.8 Å². The maximum atomic E-state index is 12.4. The molecule has 76 heavy (non-hydrogen) atoms. The quantitative estimate of drug-likeness (QED) is 0.0391. The molecule has 0 heterocycles. The van der Waals surface area contributed by atoms with E-state index in [9.17, 15) is 58.2 Å². The molecule has 0 aromatic rings. The molecule has 0 aromatic heterocycles. The van der Waals surface area contributed by atoms with E-state index in [1.807, 2.05) is 0 Å². The van der Waals surface area contributed by atoms with E-state index < -0.39 is 41.8 Å². The molecular weight excluding hydrogens is 995 g/mol. The van der Waals surface area contributed by atoms with Crippen LogP contribution in [0.15, 0.2) is 0 Å². The van der Waals surface area contributed by atoms with Gasteiger partial charge in [0.2, 0.25) is 35.4 Å². The molecule has 0 aliphatic rings. The van der Waals surface area contributed by atoms with Crippen molar-refractivity contribution in [3.05, 3.63) is 0 Å².